The summed E-state index contributed by atoms with van der Waals surface area (Å²) in [7, 11) is 0. The Morgan fingerprint density at radius 2 is 2.27 bits per heavy atom. The van der Waals surface area contributed by atoms with Crippen LogP contribution in [0.2, 0.25) is 5.02 Å². The summed E-state index contributed by atoms with van der Waals surface area (Å²) in [6.07, 6.45) is 0.299. The molecule has 1 aromatic carbocycles. The van der Waals surface area contributed by atoms with Crippen LogP contribution in [0.1, 0.15) is 15.9 Å². The lowest BCUT2D eigenvalue weighted by atomic mass is 9.95. The molecule has 2 rings (SSSR count). The van der Waals surface area contributed by atoms with Crippen LogP contribution < -0.4 is 5.32 Å². The maximum atomic E-state index is 11.5. The van der Waals surface area contributed by atoms with E-state index < -0.39 is 12.0 Å². The molecule has 0 bridgehead atoms. The second-order valence-electron chi connectivity index (χ2n) is 3.37. The van der Waals surface area contributed by atoms with Gasteiger partial charge < -0.3 is 10.4 Å². The molecule has 0 radical (unpaired) electrons. The van der Waals surface area contributed by atoms with Gasteiger partial charge in [0.05, 0.1) is 0 Å². The zero-order valence-corrected chi connectivity index (χ0v) is 8.41. The predicted molar refractivity (Wildman–Crippen MR) is 54.0 cm³/mol. The second kappa shape index (κ2) is 3.55. The molecule has 0 fully saturated rings. The molecule has 0 saturated heterocycles. The summed E-state index contributed by atoms with van der Waals surface area (Å²) in [4.78, 5) is 22.3. The van der Waals surface area contributed by atoms with Crippen LogP contribution in [0.3, 0.4) is 0 Å². The molecular weight excluding hydrogens is 218 g/mol. The smallest absolute Gasteiger partial charge is 0.326 e. The number of rotatable bonds is 1. The number of hydrogen-bond donors (Lipinski definition) is 2. The van der Waals surface area contributed by atoms with E-state index in [2.05, 4.69) is 5.32 Å². The Kier molecular flexibility index (Phi) is 2.36. The third-order valence-corrected chi connectivity index (χ3v) is 2.58. The van der Waals surface area contributed by atoms with Crippen LogP contribution in [0, 0.1) is 0 Å². The summed E-state index contributed by atoms with van der Waals surface area (Å²) in [5.41, 5.74) is 1.18. The van der Waals surface area contributed by atoms with Crippen LogP contribution in [0.4, 0.5) is 0 Å². The van der Waals surface area contributed by atoms with Gasteiger partial charge in [0.1, 0.15) is 6.04 Å². The van der Waals surface area contributed by atoms with Crippen molar-refractivity contribution >= 4 is 23.5 Å². The lowest BCUT2D eigenvalue weighted by molar-refractivity contribution is -0.139. The van der Waals surface area contributed by atoms with Crippen LogP contribution in [-0.4, -0.2) is 23.0 Å². The number of carboxylic acids is 1. The van der Waals surface area contributed by atoms with Crippen molar-refractivity contribution in [3.8, 4) is 0 Å². The standard InChI is InChI=1S/C10H8ClNO3/c11-6-2-1-5-3-8(10(14)15)12-9(13)7(5)4-6/h1-2,4,8H,3H2,(H,12,13)(H,14,15)/t8-/m0/s1. The maximum Gasteiger partial charge on any atom is 0.326 e. The van der Waals surface area contributed by atoms with Gasteiger partial charge in [-0.3, -0.25) is 4.79 Å². The van der Waals surface area contributed by atoms with Crippen LogP contribution >= 0.6 is 11.6 Å². The quantitative estimate of drug-likeness (QED) is 0.752. The molecule has 78 valence electrons. The number of carbonyl (C=O) groups excluding carboxylic acids is 1. The van der Waals surface area contributed by atoms with Gasteiger partial charge in [0, 0.05) is 17.0 Å². The second-order valence-corrected chi connectivity index (χ2v) is 3.81. The molecule has 1 atom stereocenters. The molecule has 0 aliphatic carbocycles. The molecule has 1 heterocycles. The molecule has 15 heavy (non-hydrogen) atoms. The van der Waals surface area contributed by atoms with Gasteiger partial charge in [-0.05, 0) is 17.7 Å². The fraction of sp³-hybridized carbons (Fsp3) is 0.200. The number of nitrogens with one attached hydrogen (secondary N) is 1. The predicted octanol–water partition coefficient (Wildman–Crippen LogP) is 1.08. The minimum absolute atomic E-state index is 0.299. The van der Waals surface area contributed by atoms with Gasteiger partial charge >= 0.3 is 5.97 Å². The first kappa shape index (κ1) is 9.98. The Morgan fingerprint density at radius 3 is 2.93 bits per heavy atom. The van der Waals surface area contributed by atoms with Crippen molar-refractivity contribution < 1.29 is 14.7 Å². The maximum absolute atomic E-state index is 11.5. The largest absolute Gasteiger partial charge is 0.480 e. The zero-order chi connectivity index (χ0) is 11.0. The van der Waals surface area contributed by atoms with E-state index in [0.29, 0.717) is 17.0 Å². The third kappa shape index (κ3) is 1.80. The summed E-state index contributed by atoms with van der Waals surface area (Å²) in [5, 5.41) is 11.7. The van der Waals surface area contributed by atoms with Crippen LogP contribution in [-0.2, 0) is 11.2 Å². The molecule has 5 heteroatoms. The van der Waals surface area contributed by atoms with Crippen LogP contribution in [0.25, 0.3) is 0 Å². The van der Waals surface area contributed by atoms with Crippen molar-refractivity contribution in [3.05, 3.63) is 34.3 Å². The van der Waals surface area contributed by atoms with Crippen molar-refractivity contribution in [2.24, 2.45) is 0 Å². The van der Waals surface area contributed by atoms with E-state index >= 15 is 0 Å². The monoisotopic (exact) mass is 225 g/mol. The summed E-state index contributed by atoms with van der Waals surface area (Å²) < 4.78 is 0. The normalized spacial score (nSPS) is 19.3. The highest BCUT2D eigenvalue weighted by molar-refractivity contribution is 6.31. The molecule has 1 aliphatic rings. The van der Waals surface area contributed by atoms with Gasteiger partial charge in [0.25, 0.3) is 5.91 Å². The molecule has 1 amide bonds. The van der Waals surface area contributed by atoms with Crippen molar-refractivity contribution in [2.75, 3.05) is 0 Å². The highest BCUT2D eigenvalue weighted by atomic mass is 35.5. The minimum atomic E-state index is -1.02. The van der Waals surface area contributed by atoms with E-state index in [0.717, 1.165) is 5.56 Å². The minimum Gasteiger partial charge on any atom is -0.480 e. The summed E-state index contributed by atoms with van der Waals surface area (Å²) in [5.74, 6) is -1.41. The van der Waals surface area contributed by atoms with E-state index in [1.54, 1.807) is 18.2 Å². The molecule has 4 nitrogen and oxygen atoms in total. The molecule has 0 spiro atoms. The Bertz CT molecular complexity index is 444. The van der Waals surface area contributed by atoms with Crippen molar-refractivity contribution in [3.63, 3.8) is 0 Å². The first-order valence-corrected chi connectivity index (χ1v) is 4.78. The Labute approximate surface area is 90.9 Å². The van der Waals surface area contributed by atoms with Crippen LogP contribution in [0.5, 0.6) is 0 Å². The number of benzene rings is 1. The lowest BCUT2D eigenvalue weighted by Gasteiger charge is -2.22. The number of aliphatic carboxylic acids is 1. The van der Waals surface area contributed by atoms with Gasteiger partial charge in [0.15, 0.2) is 0 Å². The fourth-order valence-electron chi connectivity index (χ4n) is 1.59. The van der Waals surface area contributed by atoms with E-state index in [9.17, 15) is 9.59 Å². The number of fused-ring (bicyclic) bond motifs is 1. The number of halogens is 1. The van der Waals surface area contributed by atoms with E-state index in [4.69, 9.17) is 16.7 Å². The van der Waals surface area contributed by atoms with Gasteiger partial charge in [-0.25, -0.2) is 4.79 Å². The highest BCUT2D eigenvalue weighted by Gasteiger charge is 2.28. The van der Waals surface area contributed by atoms with Crippen molar-refractivity contribution in [1.29, 1.82) is 0 Å². The average Bonchev–Trinajstić information content (AvgIpc) is 2.18. The molecule has 1 aliphatic heterocycles. The zero-order valence-electron chi connectivity index (χ0n) is 7.66. The molecule has 1 aromatic rings. The topological polar surface area (TPSA) is 66.4 Å². The molecule has 0 unspecified atom stereocenters. The third-order valence-electron chi connectivity index (χ3n) is 2.34. The first-order valence-electron chi connectivity index (χ1n) is 4.40. The lowest BCUT2D eigenvalue weighted by Crippen LogP contribution is -2.46. The van der Waals surface area contributed by atoms with Gasteiger partial charge in [0.2, 0.25) is 0 Å². The van der Waals surface area contributed by atoms with E-state index in [1.165, 1.54) is 0 Å². The summed E-state index contributed by atoms with van der Waals surface area (Å²) >= 11 is 5.74. The summed E-state index contributed by atoms with van der Waals surface area (Å²) in [6.45, 7) is 0. The SMILES string of the molecule is O=C1N[C@H](C(=O)O)Cc2ccc(Cl)cc21. The number of carboxylic acid groups (broad SMARTS) is 1. The fourth-order valence-corrected chi connectivity index (χ4v) is 1.77. The Morgan fingerprint density at radius 1 is 1.53 bits per heavy atom. The van der Waals surface area contributed by atoms with Gasteiger partial charge in [-0.1, -0.05) is 17.7 Å². The summed E-state index contributed by atoms with van der Waals surface area (Å²) in [6, 6.07) is 4.04. The van der Waals surface area contributed by atoms with Gasteiger partial charge in [-0.15, -0.1) is 0 Å². The van der Waals surface area contributed by atoms with Crippen molar-refractivity contribution in [2.45, 2.75) is 12.5 Å². The average molecular weight is 226 g/mol. The number of hydrogen-bond acceptors (Lipinski definition) is 2. The van der Waals surface area contributed by atoms with Crippen molar-refractivity contribution in [1.82, 2.24) is 5.32 Å². The van der Waals surface area contributed by atoms with E-state index in [-0.39, 0.29) is 5.91 Å². The van der Waals surface area contributed by atoms with Gasteiger partial charge in [-0.2, -0.15) is 0 Å². The first-order chi connectivity index (χ1) is 7.08. The van der Waals surface area contributed by atoms with Crippen LogP contribution in [0.15, 0.2) is 18.2 Å². The number of carbonyl (C=O) groups is 2. The molecule has 0 saturated carbocycles. The highest BCUT2D eigenvalue weighted by Crippen LogP contribution is 2.21. The molecule has 2 N–H and O–H groups in total. The van der Waals surface area contributed by atoms with E-state index in [1.807, 2.05) is 0 Å². The number of amides is 1. The molecule has 0 aromatic heterocycles. The molecular formula is C10H8ClNO3. The Hall–Kier alpha value is -1.55. The Balaban J connectivity index is 2.41.